The molecule has 2 saturated heterocycles. The van der Waals surface area contributed by atoms with Gasteiger partial charge in [0.1, 0.15) is 5.82 Å². The minimum atomic E-state index is -0.553. The van der Waals surface area contributed by atoms with Crippen molar-refractivity contribution < 1.29 is 9.59 Å². The van der Waals surface area contributed by atoms with Crippen LogP contribution in [0.1, 0.15) is 28.8 Å². The van der Waals surface area contributed by atoms with E-state index in [9.17, 15) is 9.59 Å². The number of carbonyl (C=O) groups excluding carboxylic acids is 2. The lowest BCUT2D eigenvalue weighted by atomic mass is 9.96. The number of nitrogens with zero attached hydrogens (tertiary/aromatic N) is 4. The summed E-state index contributed by atoms with van der Waals surface area (Å²) in [5.41, 5.74) is 6.72. The van der Waals surface area contributed by atoms with Gasteiger partial charge >= 0.3 is 6.03 Å². The molecule has 32 heavy (non-hydrogen) atoms. The molecule has 2 aliphatic rings. The van der Waals surface area contributed by atoms with Gasteiger partial charge in [-0.25, -0.2) is 9.78 Å². The minimum Gasteiger partial charge on any atom is -0.354 e. The molecular weight excluding hydrogens is 404 g/mol. The molecule has 3 heterocycles. The Bertz CT molecular complexity index is 896. The normalized spacial score (nSPS) is 19.6. The van der Waals surface area contributed by atoms with E-state index in [0.29, 0.717) is 18.0 Å². The standard InChI is InChI=1S/C24H32N6O2/c25-24(32)27-16-19-6-8-21(9-7-19)23(31)30-11-3-4-20(18-30)17-28-12-14-29(15-13-28)22-5-1-2-10-26-22/h1-2,5-10,20H,3-4,11-18H2,(H3,25,27,32). The predicted octanol–water partition coefficient (Wildman–Crippen LogP) is 1.92. The number of anilines is 1. The number of aromatic nitrogens is 1. The third-order valence-electron chi connectivity index (χ3n) is 6.34. The van der Waals surface area contributed by atoms with Crippen molar-refractivity contribution >= 4 is 17.8 Å². The van der Waals surface area contributed by atoms with E-state index in [4.69, 9.17) is 5.73 Å². The Morgan fingerprint density at radius 1 is 1.03 bits per heavy atom. The molecule has 2 aliphatic heterocycles. The molecule has 0 saturated carbocycles. The van der Waals surface area contributed by atoms with Gasteiger partial charge in [0.25, 0.3) is 5.91 Å². The number of hydrogen-bond acceptors (Lipinski definition) is 5. The summed E-state index contributed by atoms with van der Waals surface area (Å²) < 4.78 is 0. The summed E-state index contributed by atoms with van der Waals surface area (Å²) in [5.74, 6) is 1.65. The van der Waals surface area contributed by atoms with Crippen molar-refractivity contribution in [2.24, 2.45) is 11.7 Å². The van der Waals surface area contributed by atoms with Gasteiger partial charge in [-0.1, -0.05) is 18.2 Å². The van der Waals surface area contributed by atoms with Crippen LogP contribution in [0.5, 0.6) is 0 Å². The topological polar surface area (TPSA) is 94.8 Å². The number of hydrogen-bond donors (Lipinski definition) is 2. The summed E-state index contributed by atoms with van der Waals surface area (Å²) in [6.45, 7) is 7.06. The highest BCUT2D eigenvalue weighted by Crippen LogP contribution is 2.21. The fourth-order valence-corrected chi connectivity index (χ4v) is 4.60. The van der Waals surface area contributed by atoms with Crippen LogP contribution in [0.2, 0.25) is 0 Å². The lowest BCUT2D eigenvalue weighted by Gasteiger charge is -2.39. The molecule has 0 bridgehead atoms. The summed E-state index contributed by atoms with van der Waals surface area (Å²) in [6.07, 6.45) is 4.06. The molecule has 2 fully saturated rings. The van der Waals surface area contributed by atoms with Crippen LogP contribution in [0.4, 0.5) is 10.6 Å². The quantitative estimate of drug-likeness (QED) is 0.722. The number of nitrogens with two attached hydrogens (primary N) is 1. The molecule has 4 rings (SSSR count). The van der Waals surface area contributed by atoms with Crippen LogP contribution in [-0.4, -0.2) is 72.5 Å². The van der Waals surface area contributed by atoms with E-state index < -0.39 is 6.03 Å². The molecular formula is C24H32N6O2. The smallest absolute Gasteiger partial charge is 0.312 e. The zero-order valence-corrected chi connectivity index (χ0v) is 18.4. The number of likely N-dealkylation sites (tertiary alicyclic amines) is 1. The lowest BCUT2D eigenvalue weighted by molar-refractivity contribution is 0.0637. The molecule has 1 aromatic carbocycles. The second-order valence-electron chi connectivity index (χ2n) is 8.65. The number of piperidine rings is 1. The van der Waals surface area contributed by atoms with E-state index >= 15 is 0 Å². The molecule has 170 valence electrons. The van der Waals surface area contributed by atoms with Crippen LogP contribution >= 0.6 is 0 Å². The Balaban J connectivity index is 1.26. The van der Waals surface area contributed by atoms with Gasteiger partial charge in [0, 0.05) is 64.1 Å². The SMILES string of the molecule is NC(=O)NCc1ccc(C(=O)N2CCCC(CN3CCN(c4ccccn4)CC3)C2)cc1. The summed E-state index contributed by atoms with van der Waals surface area (Å²) in [7, 11) is 0. The third kappa shape index (κ3) is 5.76. The van der Waals surface area contributed by atoms with Crippen molar-refractivity contribution in [2.45, 2.75) is 19.4 Å². The molecule has 1 unspecified atom stereocenters. The van der Waals surface area contributed by atoms with E-state index in [1.54, 1.807) is 0 Å². The summed E-state index contributed by atoms with van der Waals surface area (Å²) >= 11 is 0. The molecule has 0 aliphatic carbocycles. The molecule has 8 nitrogen and oxygen atoms in total. The van der Waals surface area contributed by atoms with Crippen LogP contribution in [0.15, 0.2) is 48.7 Å². The van der Waals surface area contributed by atoms with Gasteiger partial charge in [-0.05, 0) is 48.6 Å². The Morgan fingerprint density at radius 3 is 2.50 bits per heavy atom. The number of nitrogens with one attached hydrogen (secondary N) is 1. The fourth-order valence-electron chi connectivity index (χ4n) is 4.60. The van der Waals surface area contributed by atoms with Crippen LogP contribution in [0.25, 0.3) is 0 Å². The second kappa shape index (κ2) is 10.5. The van der Waals surface area contributed by atoms with Crippen LogP contribution in [0.3, 0.4) is 0 Å². The number of carbonyl (C=O) groups is 2. The Labute approximate surface area is 189 Å². The largest absolute Gasteiger partial charge is 0.354 e. The minimum absolute atomic E-state index is 0.0871. The molecule has 8 heteroatoms. The number of pyridine rings is 1. The fraction of sp³-hybridized carbons (Fsp3) is 0.458. The first kappa shape index (κ1) is 22.1. The van der Waals surface area contributed by atoms with Crippen molar-refractivity contribution in [1.82, 2.24) is 20.1 Å². The van der Waals surface area contributed by atoms with Crippen molar-refractivity contribution in [3.63, 3.8) is 0 Å². The van der Waals surface area contributed by atoms with Gasteiger partial charge in [0.15, 0.2) is 0 Å². The van der Waals surface area contributed by atoms with Gasteiger partial charge in [-0.15, -0.1) is 0 Å². The number of benzene rings is 1. The van der Waals surface area contributed by atoms with Crippen LogP contribution in [-0.2, 0) is 6.54 Å². The van der Waals surface area contributed by atoms with Crippen molar-refractivity contribution in [3.05, 3.63) is 59.8 Å². The van der Waals surface area contributed by atoms with Gasteiger partial charge in [0.05, 0.1) is 0 Å². The Hall–Kier alpha value is -3.13. The molecule has 1 atom stereocenters. The number of rotatable bonds is 6. The van der Waals surface area contributed by atoms with E-state index in [-0.39, 0.29) is 5.91 Å². The van der Waals surface area contributed by atoms with E-state index in [1.165, 1.54) is 6.42 Å². The van der Waals surface area contributed by atoms with Crippen molar-refractivity contribution in [2.75, 3.05) is 50.7 Å². The number of urea groups is 1. The average Bonchev–Trinajstić information content (AvgIpc) is 2.84. The molecule has 2 aromatic rings. The maximum absolute atomic E-state index is 13.0. The molecule has 1 aromatic heterocycles. The monoisotopic (exact) mass is 436 g/mol. The molecule has 0 radical (unpaired) electrons. The van der Waals surface area contributed by atoms with Gasteiger partial charge in [-0.3, -0.25) is 9.69 Å². The van der Waals surface area contributed by atoms with Gasteiger partial charge in [-0.2, -0.15) is 0 Å². The molecule has 0 spiro atoms. The summed E-state index contributed by atoms with van der Waals surface area (Å²) in [4.78, 5) is 35.2. The molecule has 3 amide bonds. The Morgan fingerprint density at radius 2 is 1.81 bits per heavy atom. The van der Waals surface area contributed by atoms with Crippen LogP contribution in [0, 0.1) is 5.92 Å². The first-order valence-corrected chi connectivity index (χ1v) is 11.4. The first-order chi connectivity index (χ1) is 15.6. The highest BCUT2D eigenvalue weighted by molar-refractivity contribution is 5.94. The first-order valence-electron chi connectivity index (χ1n) is 11.4. The Kier molecular flexibility index (Phi) is 7.21. The van der Waals surface area contributed by atoms with E-state index in [1.807, 2.05) is 47.5 Å². The van der Waals surface area contributed by atoms with Crippen molar-refractivity contribution in [1.29, 1.82) is 0 Å². The summed E-state index contributed by atoms with van der Waals surface area (Å²) in [5, 5.41) is 2.56. The maximum atomic E-state index is 13.0. The average molecular weight is 437 g/mol. The second-order valence-corrected chi connectivity index (χ2v) is 8.65. The van der Waals surface area contributed by atoms with Crippen molar-refractivity contribution in [3.8, 4) is 0 Å². The zero-order chi connectivity index (χ0) is 22.3. The van der Waals surface area contributed by atoms with E-state index in [2.05, 4.69) is 26.2 Å². The summed E-state index contributed by atoms with van der Waals surface area (Å²) in [6, 6.07) is 12.9. The maximum Gasteiger partial charge on any atom is 0.312 e. The highest BCUT2D eigenvalue weighted by atomic mass is 16.2. The van der Waals surface area contributed by atoms with Gasteiger partial charge < -0.3 is 20.9 Å². The number of primary amides is 1. The molecule has 3 N–H and O–H groups in total. The van der Waals surface area contributed by atoms with Gasteiger partial charge in [0.2, 0.25) is 0 Å². The zero-order valence-electron chi connectivity index (χ0n) is 18.4. The van der Waals surface area contributed by atoms with E-state index in [0.717, 1.165) is 63.6 Å². The lowest BCUT2D eigenvalue weighted by Crippen LogP contribution is -2.50. The predicted molar refractivity (Wildman–Crippen MR) is 124 cm³/mol. The number of piperazine rings is 1. The third-order valence-corrected chi connectivity index (χ3v) is 6.34. The number of amides is 3. The van der Waals surface area contributed by atoms with Crippen LogP contribution < -0.4 is 16.0 Å². The highest BCUT2D eigenvalue weighted by Gasteiger charge is 2.27.